The lowest BCUT2D eigenvalue weighted by molar-refractivity contribution is -0.222. The average molecular weight is 372 g/mol. The first-order valence-corrected chi connectivity index (χ1v) is 9.59. The molecule has 0 aromatic heterocycles. The minimum absolute atomic E-state index is 0.185. The second-order valence-corrected chi connectivity index (χ2v) is 8.66. The van der Waals surface area contributed by atoms with E-state index in [0.717, 1.165) is 12.8 Å². The molecule has 0 unspecified atom stereocenters. The summed E-state index contributed by atoms with van der Waals surface area (Å²) in [4.78, 5) is 24.5. The number of hydrogen-bond acceptors (Lipinski definition) is 6. The first-order valence-electron chi connectivity index (χ1n) is 9.59. The predicted molar refractivity (Wildman–Crippen MR) is 94.6 cm³/mol. The Morgan fingerprint density at radius 1 is 1.11 bits per heavy atom. The summed E-state index contributed by atoms with van der Waals surface area (Å²) in [5, 5.41) is 0. The van der Waals surface area contributed by atoms with E-state index < -0.39 is 23.0 Å². The molecule has 2 aliphatic carbocycles. The lowest BCUT2D eigenvalue weighted by Gasteiger charge is -2.57. The number of cyclic esters (lactones) is 1. The largest absolute Gasteiger partial charge is 0.462 e. The number of hydrogen-bond donors (Lipinski definition) is 0. The molecule has 6 heteroatoms. The van der Waals surface area contributed by atoms with Crippen LogP contribution in [0.3, 0.4) is 0 Å². The van der Waals surface area contributed by atoms with Crippen molar-refractivity contribution in [2.75, 3.05) is 13.2 Å². The predicted octanol–water partition coefficient (Wildman–Crippen LogP) is 2.24. The molecule has 0 aromatic carbocycles. The third-order valence-corrected chi connectivity index (χ3v) is 7.45. The normalized spacial score (nSPS) is 50.4. The van der Waals surface area contributed by atoms with Crippen molar-refractivity contribution < 1.29 is 28.5 Å². The molecule has 3 fully saturated rings. The standard InChI is InChI=1S/C21H24O6/c1-13-7-8-20-11-24-16(22)5-3-4-6-17(23)26-14-10-19(20,2)21(12-25-21)18(14)27-15(20)9-13/h3-6,9,14-15,18H,7-8,10-12H2,1-2H3/b5-3+,6-4-/t14-,15-,18-,19-,20-,21+/m1/s1. The first kappa shape index (κ1) is 17.2. The summed E-state index contributed by atoms with van der Waals surface area (Å²) < 4.78 is 24.0. The van der Waals surface area contributed by atoms with Gasteiger partial charge in [0.2, 0.25) is 0 Å². The van der Waals surface area contributed by atoms with Crippen LogP contribution in [-0.4, -0.2) is 49.1 Å². The van der Waals surface area contributed by atoms with E-state index in [1.807, 2.05) is 0 Å². The van der Waals surface area contributed by atoms with Gasteiger partial charge in [-0.25, -0.2) is 9.59 Å². The van der Waals surface area contributed by atoms with Crippen LogP contribution in [0.25, 0.3) is 0 Å². The van der Waals surface area contributed by atoms with Gasteiger partial charge in [-0.05, 0) is 26.2 Å². The summed E-state index contributed by atoms with van der Waals surface area (Å²) in [5.74, 6) is -0.853. The van der Waals surface area contributed by atoms with Crippen molar-refractivity contribution in [2.24, 2.45) is 10.8 Å². The van der Waals surface area contributed by atoms with E-state index in [1.165, 1.54) is 29.9 Å². The van der Waals surface area contributed by atoms with E-state index in [1.54, 1.807) is 0 Å². The van der Waals surface area contributed by atoms with Crippen LogP contribution in [0.1, 0.15) is 33.1 Å². The second-order valence-electron chi connectivity index (χ2n) is 8.66. The lowest BCUT2D eigenvalue weighted by Crippen LogP contribution is -2.64. The Bertz CT molecular complexity index is 790. The van der Waals surface area contributed by atoms with Crippen LogP contribution in [0.5, 0.6) is 0 Å². The Morgan fingerprint density at radius 2 is 1.85 bits per heavy atom. The Labute approximate surface area is 158 Å². The van der Waals surface area contributed by atoms with Crippen molar-refractivity contribution >= 4 is 11.9 Å². The van der Waals surface area contributed by atoms with Crippen molar-refractivity contribution in [1.29, 1.82) is 0 Å². The van der Waals surface area contributed by atoms with E-state index in [4.69, 9.17) is 18.9 Å². The van der Waals surface area contributed by atoms with Gasteiger partial charge in [0.25, 0.3) is 0 Å². The molecule has 3 heterocycles. The maximum Gasteiger partial charge on any atom is 0.331 e. The molecule has 1 saturated carbocycles. The van der Waals surface area contributed by atoms with Gasteiger partial charge in [0, 0.05) is 23.0 Å². The highest BCUT2D eigenvalue weighted by Crippen LogP contribution is 2.71. The van der Waals surface area contributed by atoms with Gasteiger partial charge in [0.1, 0.15) is 24.4 Å². The van der Waals surface area contributed by atoms with Gasteiger partial charge < -0.3 is 18.9 Å². The smallest absolute Gasteiger partial charge is 0.331 e. The van der Waals surface area contributed by atoms with Crippen LogP contribution in [0.2, 0.25) is 0 Å². The van der Waals surface area contributed by atoms with Crippen LogP contribution in [0.15, 0.2) is 36.0 Å². The summed E-state index contributed by atoms with van der Waals surface area (Å²) in [5.41, 5.74) is 0.0994. The van der Waals surface area contributed by atoms with Gasteiger partial charge in [0.05, 0.1) is 12.7 Å². The van der Waals surface area contributed by atoms with E-state index in [0.29, 0.717) is 13.0 Å². The number of carbonyl (C=O) groups excluding carboxylic acids is 2. The molecule has 27 heavy (non-hydrogen) atoms. The molecule has 0 N–H and O–H groups in total. The van der Waals surface area contributed by atoms with Gasteiger partial charge in [-0.2, -0.15) is 0 Å². The Balaban J connectivity index is 1.63. The van der Waals surface area contributed by atoms with E-state index >= 15 is 0 Å². The van der Waals surface area contributed by atoms with Crippen molar-refractivity contribution in [3.63, 3.8) is 0 Å². The number of rotatable bonds is 0. The highest BCUT2D eigenvalue weighted by molar-refractivity contribution is 5.84. The van der Waals surface area contributed by atoms with Crippen molar-refractivity contribution in [2.45, 2.75) is 57.0 Å². The topological polar surface area (TPSA) is 74.4 Å². The average Bonchev–Trinajstić information content (AvgIpc) is 3.39. The molecule has 6 atom stereocenters. The number of ether oxygens (including phenoxy) is 4. The van der Waals surface area contributed by atoms with Gasteiger partial charge in [-0.15, -0.1) is 0 Å². The zero-order valence-electron chi connectivity index (χ0n) is 15.6. The minimum Gasteiger partial charge on any atom is -0.462 e. The van der Waals surface area contributed by atoms with Gasteiger partial charge in [-0.3, -0.25) is 0 Å². The molecular formula is C21H24O6. The van der Waals surface area contributed by atoms with Crippen molar-refractivity contribution in [1.82, 2.24) is 0 Å². The SMILES string of the molecule is CC1=C[C@H]2O[C@@H]3[C@H]4C[C@](C)([C@]2(CC1)COC(=O)/C=C/C=C\C(=O)O4)[C@]31CO1. The fourth-order valence-corrected chi connectivity index (χ4v) is 5.78. The third-order valence-electron chi connectivity index (χ3n) is 7.45. The summed E-state index contributed by atoms with van der Waals surface area (Å²) in [7, 11) is 0. The quantitative estimate of drug-likeness (QED) is 0.369. The third kappa shape index (κ3) is 2.20. The molecule has 2 saturated heterocycles. The molecule has 2 spiro atoms. The van der Waals surface area contributed by atoms with Crippen LogP contribution >= 0.6 is 0 Å². The maximum atomic E-state index is 12.3. The molecule has 0 radical (unpaired) electrons. The summed E-state index contributed by atoms with van der Waals surface area (Å²) in [6.45, 7) is 5.15. The number of allylic oxidation sites excluding steroid dienone is 3. The van der Waals surface area contributed by atoms with Gasteiger partial charge >= 0.3 is 11.9 Å². The molecule has 0 aromatic rings. The number of epoxide rings is 1. The molecule has 5 aliphatic rings. The lowest BCUT2D eigenvalue weighted by atomic mass is 9.52. The van der Waals surface area contributed by atoms with Gasteiger partial charge in [-0.1, -0.05) is 30.7 Å². The highest BCUT2D eigenvalue weighted by Gasteiger charge is 2.81. The molecular weight excluding hydrogens is 348 g/mol. The summed E-state index contributed by atoms with van der Waals surface area (Å²) in [6, 6.07) is 0. The molecule has 6 nitrogen and oxygen atoms in total. The molecule has 3 bridgehead atoms. The molecule has 0 amide bonds. The second kappa shape index (κ2) is 5.55. The van der Waals surface area contributed by atoms with Crippen LogP contribution in [0.4, 0.5) is 0 Å². The van der Waals surface area contributed by atoms with Crippen molar-refractivity contribution in [3.05, 3.63) is 36.0 Å². The van der Waals surface area contributed by atoms with E-state index in [9.17, 15) is 9.59 Å². The van der Waals surface area contributed by atoms with Crippen LogP contribution in [-0.2, 0) is 28.5 Å². The fourth-order valence-electron chi connectivity index (χ4n) is 5.78. The van der Waals surface area contributed by atoms with E-state index in [-0.39, 0.29) is 30.3 Å². The zero-order valence-corrected chi connectivity index (χ0v) is 15.6. The summed E-state index contributed by atoms with van der Waals surface area (Å²) >= 11 is 0. The Hall–Kier alpha value is -1.92. The molecule has 5 rings (SSSR count). The number of carbonyl (C=O) groups is 2. The minimum atomic E-state index is -0.469. The van der Waals surface area contributed by atoms with Gasteiger partial charge in [0.15, 0.2) is 0 Å². The van der Waals surface area contributed by atoms with Crippen molar-refractivity contribution in [3.8, 4) is 0 Å². The Kier molecular flexibility index (Phi) is 3.53. The number of fused-ring (bicyclic) bond motifs is 2. The zero-order chi connectivity index (χ0) is 18.9. The summed E-state index contributed by atoms with van der Waals surface area (Å²) in [6.07, 6.45) is 9.37. The fraction of sp³-hybridized carbons (Fsp3) is 0.619. The van der Waals surface area contributed by atoms with E-state index in [2.05, 4.69) is 19.9 Å². The maximum absolute atomic E-state index is 12.3. The Morgan fingerprint density at radius 3 is 2.59 bits per heavy atom. The monoisotopic (exact) mass is 372 g/mol. The molecule has 144 valence electrons. The van der Waals surface area contributed by atoms with Crippen LogP contribution < -0.4 is 0 Å². The first-order chi connectivity index (χ1) is 12.9. The number of esters is 2. The van der Waals surface area contributed by atoms with Crippen LogP contribution in [0, 0.1) is 10.8 Å². The molecule has 3 aliphatic heterocycles. The highest BCUT2D eigenvalue weighted by atomic mass is 16.7.